The first-order valence-electron chi connectivity index (χ1n) is 5.33. The van der Waals surface area contributed by atoms with Crippen molar-refractivity contribution in [3.8, 4) is 0 Å². The van der Waals surface area contributed by atoms with Crippen LogP contribution in [0, 0.1) is 12.7 Å². The number of carbonyl (C=O) groups is 2. The minimum absolute atomic E-state index is 0.215. The molecule has 0 saturated carbocycles. The maximum Gasteiger partial charge on any atom is 0.298 e. The predicted octanol–water partition coefficient (Wildman–Crippen LogP) is 2.28. The summed E-state index contributed by atoms with van der Waals surface area (Å²) in [6.07, 6.45) is 1.56. The van der Waals surface area contributed by atoms with E-state index < -0.39 is 11.7 Å². The molecule has 0 saturated heterocycles. The summed E-state index contributed by atoms with van der Waals surface area (Å²) in [5.41, 5.74) is 1.19. The van der Waals surface area contributed by atoms with E-state index in [0.29, 0.717) is 11.3 Å². The molecule has 0 bridgehead atoms. The molecule has 0 aliphatic heterocycles. The van der Waals surface area contributed by atoms with Crippen LogP contribution in [0.2, 0.25) is 0 Å². The molecular weight excluding hydrogens is 235 g/mol. The molecule has 0 radical (unpaired) electrons. The largest absolute Gasteiger partial charge is 0.358 e. The van der Waals surface area contributed by atoms with E-state index in [1.165, 1.54) is 24.3 Å². The molecule has 0 fully saturated rings. The lowest BCUT2D eigenvalue weighted by atomic mass is 10.2. The van der Waals surface area contributed by atoms with Crippen molar-refractivity contribution in [1.82, 2.24) is 4.98 Å². The smallest absolute Gasteiger partial charge is 0.298 e. The van der Waals surface area contributed by atoms with Crippen molar-refractivity contribution < 1.29 is 14.0 Å². The van der Waals surface area contributed by atoms with Gasteiger partial charge in [0.1, 0.15) is 5.82 Å². The molecule has 2 aromatic rings. The summed E-state index contributed by atoms with van der Waals surface area (Å²) in [5, 5.41) is 2.45. The van der Waals surface area contributed by atoms with Gasteiger partial charge in [0.15, 0.2) is 0 Å². The summed E-state index contributed by atoms with van der Waals surface area (Å²) in [7, 11) is 0. The van der Waals surface area contributed by atoms with Gasteiger partial charge >= 0.3 is 0 Å². The molecule has 18 heavy (non-hydrogen) atoms. The van der Waals surface area contributed by atoms with Crippen LogP contribution in [-0.4, -0.2) is 16.7 Å². The Morgan fingerprint density at radius 1 is 1.28 bits per heavy atom. The highest BCUT2D eigenvalue weighted by Gasteiger charge is 2.17. The first-order valence-corrected chi connectivity index (χ1v) is 5.33. The van der Waals surface area contributed by atoms with E-state index in [0.717, 1.165) is 0 Å². The average Bonchev–Trinajstić information content (AvgIpc) is 2.85. The Hall–Kier alpha value is -2.43. The number of Topliss-reactive ketones (excluding diaryl/α,β-unsaturated/α-hetero) is 1. The number of H-pyrrole nitrogens is 1. The summed E-state index contributed by atoms with van der Waals surface area (Å²) in [6.45, 7) is 1.65. The molecule has 1 aromatic carbocycles. The maximum atomic E-state index is 12.9. The van der Waals surface area contributed by atoms with E-state index in [1.807, 2.05) is 0 Å². The number of carbonyl (C=O) groups excluding carboxylic acids is 2. The first-order chi connectivity index (χ1) is 8.58. The van der Waals surface area contributed by atoms with Gasteiger partial charge in [-0.05, 0) is 42.8 Å². The molecule has 2 N–H and O–H groups in total. The zero-order valence-electron chi connectivity index (χ0n) is 9.66. The Labute approximate surface area is 103 Å². The van der Waals surface area contributed by atoms with Crippen LogP contribution in [0.4, 0.5) is 10.1 Å². The van der Waals surface area contributed by atoms with E-state index in [9.17, 15) is 14.0 Å². The molecule has 4 nitrogen and oxygen atoms in total. The predicted molar refractivity (Wildman–Crippen MR) is 64.9 cm³/mol. The molecule has 5 heteroatoms. The van der Waals surface area contributed by atoms with Gasteiger partial charge in [-0.1, -0.05) is 0 Å². The van der Waals surface area contributed by atoms with Crippen LogP contribution in [0.5, 0.6) is 0 Å². The van der Waals surface area contributed by atoms with Gasteiger partial charge in [0.05, 0.1) is 5.69 Å². The summed E-state index contributed by atoms with van der Waals surface area (Å²) < 4.78 is 12.9. The number of aromatic nitrogens is 1. The Balaban J connectivity index is 2.14. The van der Waals surface area contributed by atoms with Gasteiger partial charge in [-0.25, -0.2) is 4.39 Å². The Bertz CT molecular complexity index is 591. The second kappa shape index (κ2) is 4.83. The Morgan fingerprint density at radius 2 is 2.06 bits per heavy atom. The number of hydrogen-bond acceptors (Lipinski definition) is 2. The molecule has 0 unspecified atom stereocenters. The van der Waals surface area contributed by atoms with Crippen LogP contribution < -0.4 is 5.32 Å². The molecule has 0 aliphatic rings. The second-order valence-electron chi connectivity index (χ2n) is 3.83. The minimum Gasteiger partial charge on any atom is -0.358 e. The van der Waals surface area contributed by atoms with Crippen LogP contribution in [0.25, 0.3) is 0 Å². The molecule has 0 atom stereocenters. The molecule has 1 aromatic heterocycles. The topological polar surface area (TPSA) is 62.0 Å². The standard InChI is InChI=1S/C13H11FN2O2/c1-8-7-9(14)4-5-10(8)16-13(18)12(17)11-3-2-6-15-11/h2-7,15H,1H3,(H,16,18). The molecule has 0 aliphatic carbocycles. The number of hydrogen-bond donors (Lipinski definition) is 2. The quantitative estimate of drug-likeness (QED) is 0.644. The lowest BCUT2D eigenvalue weighted by Crippen LogP contribution is -2.23. The average molecular weight is 246 g/mol. The number of anilines is 1. The van der Waals surface area contributed by atoms with E-state index in [2.05, 4.69) is 10.3 Å². The van der Waals surface area contributed by atoms with Crippen LogP contribution in [0.3, 0.4) is 0 Å². The van der Waals surface area contributed by atoms with E-state index in [4.69, 9.17) is 0 Å². The zero-order valence-corrected chi connectivity index (χ0v) is 9.66. The fraction of sp³-hybridized carbons (Fsp3) is 0.0769. The normalized spacial score (nSPS) is 10.1. The summed E-state index contributed by atoms with van der Waals surface area (Å²) in [6, 6.07) is 7.07. The lowest BCUT2D eigenvalue weighted by Gasteiger charge is -2.07. The van der Waals surface area contributed by atoms with E-state index >= 15 is 0 Å². The van der Waals surface area contributed by atoms with Crippen molar-refractivity contribution >= 4 is 17.4 Å². The highest BCUT2D eigenvalue weighted by atomic mass is 19.1. The fourth-order valence-electron chi connectivity index (χ4n) is 1.54. The maximum absolute atomic E-state index is 12.9. The lowest BCUT2D eigenvalue weighted by molar-refractivity contribution is -0.112. The van der Waals surface area contributed by atoms with Gasteiger partial charge in [0.25, 0.3) is 11.7 Å². The van der Waals surface area contributed by atoms with Gasteiger partial charge in [0.2, 0.25) is 0 Å². The van der Waals surface area contributed by atoms with Gasteiger partial charge in [-0.3, -0.25) is 9.59 Å². The van der Waals surface area contributed by atoms with Crippen LogP contribution >= 0.6 is 0 Å². The summed E-state index contributed by atoms with van der Waals surface area (Å²) in [4.78, 5) is 26.0. The van der Waals surface area contributed by atoms with Gasteiger partial charge in [0, 0.05) is 11.9 Å². The van der Waals surface area contributed by atoms with E-state index in [1.54, 1.807) is 19.2 Å². The number of rotatable bonds is 3. The highest BCUT2D eigenvalue weighted by molar-refractivity contribution is 6.46. The van der Waals surface area contributed by atoms with Gasteiger partial charge in [-0.15, -0.1) is 0 Å². The van der Waals surface area contributed by atoms with Crippen LogP contribution in [0.15, 0.2) is 36.5 Å². The first kappa shape index (κ1) is 12.0. The third kappa shape index (κ3) is 2.45. The summed E-state index contributed by atoms with van der Waals surface area (Å²) >= 11 is 0. The number of aryl methyl sites for hydroxylation is 1. The molecule has 2 rings (SSSR count). The van der Waals surface area contributed by atoms with Crippen molar-refractivity contribution in [3.05, 3.63) is 53.6 Å². The van der Waals surface area contributed by atoms with Gasteiger partial charge < -0.3 is 10.3 Å². The highest BCUT2D eigenvalue weighted by Crippen LogP contribution is 2.15. The molecule has 1 amide bonds. The number of benzene rings is 1. The van der Waals surface area contributed by atoms with E-state index in [-0.39, 0.29) is 11.5 Å². The number of aromatic amines is 1. The number of amides is 1. The number of halogens is 1. The van der Waals surface area contributed by atoms with Crippen molar-refractivity contribution in [1.29, 1.82) is 0 Å². The molecule has 92 valence electrons. The minimum atomic E-state index is -0.757. The SMILES string of the molecule is Cc1cc(F)ccc1NC(=O)C(=O)c1ccc[nH]1. The van der Waals surface area contributed by atoms with Crippen LogP contribution in [0.1, 0.15) is 16.1 Å². The van der Waals surface area contributed by atoms with Crippen molar-refractivity contribution in [3.63, 3.8) is 0 Å². The monoisotopic (exact) mass is 246 g/mol. The Morgan fingerprint density at radius 3 is 2.67 bits per heavy atom. The number of ketones is 1. The third-order valence-corrected chi connectivity index (χ3v) is 2.49. The summed E-state index contributed by atoms with van der Waals surface area (Å²) in [5.74, 6) is -1.81. The third-order valence-electron chi connectivity index (χ3n) is 2.49. The Kier molecular flexibility index (Phi) is 3.23. The van der Waals surface area contributed by atoms with Crippen molar-refractivity contribution in [2.45, 2.75) is 6.92 Å². The molecule has 0 spiro atoms. The zero-order chi connectivity index (χ0) is 13.1. The second-order valence-corrected chi connectivity index (χ2v) is 3.83. The van der Waals surface area contributed by atoms with Crippen molar-refractivity contribution in [2.75, 3.05) is 5.32 Å². The van der Waals surface area contributed by atoms with Crippen LogP contribution in [-0.2, 0) is 4.79 Å². The van der Waals surface area contributed by atoms with Crippen molar-refractivity contribution in [2.24, 2.45) is 0 Å². The molecule has 1 heterocycles. The molecular formula is C13H11FN2O2. The van der Waals surface area contributed by atoms with Gasteiger partial charge in [-0.2, -0.15) is 0 Å². The fourth-order valence-corrected chi connectivity index (χ4v) is 1.54. The number of nitrogens with one attached hydrogen (secondary N) is 2.